The number of carboxylic acid groups (broad SMARTS) is 1. The van der Waals surface area contributed by atoms with Gasteiger partial charge in [0.05, 0.1) is 17.3 Å². The molecule has 0 unspecified atom stereocenters. The zero-order chi connectivity index (χ0) is 32.7. The molecular weight excluding hydrogens is 640 g/mol. The number of halogens is 5. The number of hydrogen-bond donors (Lipinski definition) is 1. The Bertz CT molecular complexity index is 1820. The lowest BCUT2D eigenvalue weighted by Crippen LogP contribution is -2.17. The van der Waals surface area contributed by atoms with E-state index in [1.54, 1.807) is 30.3 Å². The van der Waals surface area contributed by atoms with Crippen molar-refractivity contribution in [2.24, 2.45) is 0 Å². The smallest absolute Gasteiger partial charge is 0.494 e. The van der Waals surface area contributed by atoms with Crippen molar-refractivity contribution in [2.45, 2.75) is 25.7 Å². The van der Waals surface area contributed by atoms with Gasteiger partial charge < -0.3 is 19.1 Å². The number of imidazole rings is 1. The number of rotatable bonds is 12. The van der Waals surface area contributed by atoms with Crippen molar-refractivity contribution < 1.29 is 32.5 Å². The molecule has 0 saturated heterocycles. The molecule has 0 fully saturated rings. The summed E-state index contributed by atoms with van der Waals surface area (Å²) in [7, 11) is 0. The largest absolute Gasteiger partial charge is 0.573 e. The molecule has 0 spiro atoms. The minimum Gasteiger partial charge on any atom is -0.494 e. The van der Waals surface area contributed by atoms with E-state index in [0.29, 0.717) is 52.4 Å². The third kappa shape index (κ3) is 9.15. The number of aromatic nitrogens is 2. The first-order valence-corrected chi connectivity index (χ1v) is 14.9. The Hall–Kier alpha value is -4.73. The summed E-state index contributed by atoms with van der Waals surface area (Å²) in [5.74, 6) is 0.146. The topological polar surface area (TPSA) is 73.6 Å². The van der Waals surface area contributed by atoms with Gasteiger partial charge >= 0.3 is 12.3 Å². The van der Waals surface area contributed by atoms with Crippen LogP contribution < -0.4 is 9.47 Å². The molecule has 11 heteroatoms. The standard InChI is InChI=1S/C35H27Cl2F3N2O4/c36-27-12-17-30(31(37)20-27)32-22-42(21-24-5-13-29(14-6-24)46-35(38,39)40)33(41-32)18-7-23-3-8-25(9-4-23)26-10-15-28(16-11-26)45-19-1-2-34(43)44/h3-18,20,22H,1-2,19,21H2,(H,43,44)/b18-7+. The molecule has 1 heterocycles. The molecule has 1 aromatic heterocycles. The van der Waals surface area contributed by atoms with Gasteiger partial charge in [0.2, 0.25) is 0 Å². The molecule has 0 aliphatic rings. The van der Waals surface area contributed by atoms with E-state index in [1.807, 2.05) is 71.4 Å². The maximum absolute atomic E-state index is 12.6. The maximum atomic E-state index is 12.6. The van der Waals surface area contributed by atoms with Crippen LogP contribution in [0.5, 0.6) is 11.5 Å². The van der Waals surface area contributed by atoms with Crippen LogP contribution in [0.4, 0.5) is 13.2 Å². The van der Waals surface area contributed by atoms with Gasteiger partial charge in [0.25, 0.3) is 0 Å². The second kappa shape index (κ2) is 14.6. The van der Waals surface area contributed by atoms with Crippen LogP contribution in [0.3, 0.4) is 0 Å². The SMILES string of the molecule is O=C(O)CCCOc1ccc(-c2ccc(/C=C/c3nc(-c4ccc(Cl)cc4Cl)cn3Cc3ccc(OC(F)(F)F)cc3)cc2)cc1. The van der Waals surface area contributed by atoms with E-state index < -0.39 is 12.3 Å². The number of hydrogen-bond acceptors (Lipinski definition) is 4. The number of aliphatic carboxylic acids is 1. The number of carbonyl (C=O) groups is 1. The summed E-state index contributed by atoms with van der Waals surface area (Å²) >= 11 is 12.5. The highest BCUT2D eigenvalue weighted by atomic mass is 35.5. The molecule has 6 nitrogen and oxygen atoms in total. The third-order valence-corrected chi connectivity index (χ3v) is 7.40. The molecule has 0 aliphatic heterocycles. The first-order valence-electron chi connectivity index (χ1n) is 14.1. The fourth-order valence-corrected chi connectivity index (χ4v) is 5.13. The van der Waals surface area contributed by atoms with E-state index in [4.69, 9.17) is 38.0 Å². The highest BCUT2D eigenvalue weighted by molar-refractivity contribution is 6.36. The van der Waals surface area contributed by atoms with Gasteiger partial charge in [0.15, 0.2) is 0 Å². The lowest BCUT2D eigenvalue weighted by molar-refractivity contribution is -0.274. The maximum Gasteiger partial charge on any atom is 0.573 e. The predicted molar refractivity (Wildman–Crippen MR) is 173 cm³/mol. The van der Waals surface area contributed by atoms with Crippen molar-refractivity contribution in [2.75, 3.05) is 6.61 Å². The van der Waals surface area contributed by atoms with Gasteiger partial charge in [-0.3, -0.25) is 4.79 Å². The quantitative estimate of drug-likeness (QED) is 0.134. The Balaban J connectivity index is 1.33. The average molecular weight is 668 g/mol. The fourth-order valence-electron chi connectivity index (χ4n) is 4.62. The van der Waals surface area contributed by atoms with Crippen LogP contribution >= 0.6 is 23.2 Å². The minimum atomic E-state index is -4.76. The molecule has 0 bridgehead atoms. The molecular formula is C35H27Cl2F3N2O4. The van der Waals surface area contributed by atoms with Crippen LogP contribution in [0.15, 0.2) is 97.2 Å². The first-order chi connectivity index (χ1) is 22.0. The average Bonchev–Trinajstić information content (AvgIpc) is 3.41. The Labute approximate surface area is 273 Å². The third-order valence-electron chi connectivity index (χ3n) is 6.85. The summed E-state index contributed by atoms with van der Waals surface area (Å²) in [6.45, 7) is 0.671. The Morgan fingerprint density at radius 2 is 1.52 bits per heavy atom. The van der Waals surface area contributed by atoms with Gasteiger partial charge in [-0.1, -0.05) is 77.8 Å². The summed E-state index contributed by atoms with van der Waals surface area (Å²) < 4.78 is 49.3. The van der Waals surface area contributed by atoms with E-state index in [0.717, 1.165) is 22.3 Å². The highest BCUT2D eigenvalue weighted by Crippen LogP contribution is 2.31. The monoisotopic (exact) mass is 666 g/mol. The zero-order valence-electron chi connectivity index (χ0n) is 24.2. The van der Waals surface area contributed by atoms with Crippen molar-refractivity contribution >= 4 is 41.3 Å². The molecule has 0 amide bonds. The number of carboxylic acids is 1. The predicted octanol–water partition coefficient (Wildman–Crippen LogP) is 9.88. The van der Waals surface area contributed by atoms with E-state index in [1.165, 1.54) is 12.1 Å². The van der Waals surface area contributed by atoms with Crippen LogP contribution in [0.2, 0.25) is 10.0 Å². The van der Waals surface area contributed by atoms with Gasteiger partial charge in [-0.05, 0) is 77.2 Å². The summed E-state index contributed by atoms with van der Waals surface area (Å²) in [4.78, 5) is 15.4. The zero-order valence-corrected chi connectivity index (χ0v) is 25.7. The molecule has 0 aliphatic carbocycles. The van der Waals surface area contributed by atoms with E-state index >= 15 is 0 Å². The molecule has 0 radical (unpaired) electrons. The van der Waals surface area contributed by atoms with Crippen LogP contribution in [-0.4, -0.2) is 33.6 Å². The normalized spacial score (nSPS) is 11.6. The van der Waals surface area contributed by atoms with Gasteiger partial charge in [0.1, 0.15) is 17.3 Å². The molecule has 236 valence electrons. The van der Waals surface area contributed by atoms with Gasteiger partial charge in [-0.2, -0.15) is 0 Å². The van der Waals surface area contributed by atoms with Gasteiger partial charge in [0, 0.05) is 29.7 Å². The number of benzene rings is 4. The van der Waals surface area contributed by atoms with E-state index in [9.17, 15) is 18.0 Å². The molecule has 4 aromatic carbocycles. The van der Waals surface area contributed by atoms with E-state index in [2.05, 4.69) is 4.74 Å². The second-order valence-corrected chi connectivity index (χ2v) is 11.1. The van der Waals surface area contributed by atoms with Gasteiger partial charge in [-0.15, -0.1) is 13.2 Å². The molecule has 5 rings (SSSR count). The van der Waals surface area contributed by atoms with Crippen molar-refractivity contribution in [3.05, 3.63) is 124 Å². The second-order valence-electron chi connectivity index (χ2n) is 10.3. The number of ether oxygens (including phenoxy) is 2. The Morgan fingerprint density at radius 3 is 2.15 bits per heavy atom. The van der Waals surface area contributed by atoms with Crippen molar-refractivity contribution in [3.63, 3.8) is 0 Å². The van der Waals surface area contributed by atoms with Crippen molar-refractivity contribution in [1.82, 2.24) is 9.55 Å². The minimum absolute atomic E-state index is 0.0661. The molecule has 1 N–H and O–H groups in total. The summed E-state index contributed by atoms with van der Waals surface area (Å²) in [6, 6.07) is 26.4. The molecule has 46 heavy (non-hydrogen) atoms. The first kappa shape index (κ1) is 32.7. The summed E-state index contributed by atoms with van der Waals surface area (Å²) in [6.07, 6.45) is 1.36. The summed E-state index contributed by atoms with van der Waals surface area (Å²) in [5.41, 5.74) is 4.99. The van der Waals surface area contributed by atoms with Gasteiger partial charge in [-0.25, -0.2) is 4.98 Å². The molecule has 0 saturated carbocycles. The molecule has 0 atom stereocenters. The fraction of sp³-hybridized carbons (Fsp3) is 0.143. The molecule has 5 aromatic rings. The lowest BCUT2D eigenvalue weighted by atomic mass is 10.0. The number of nitrogens with zero attached hydrogens (tertiary/aromatic N) is 2. The highest BCUT2D eigenvalue weighted by Gasteiger charge is 2.31. The van der Waals surface area contributed by atoms with Crippen LogP contribution in [0.25, 0.3) is 34.5 Å². The van der Waals surface area contributed by atoms with Crippen molar-refractivity contribution in [1.29, 1.82) is 0 Å². The van der Waals surface area contributed by atoms with Crippen LogP contribution in [0, 0.1) is 0 Å². The lowest BCUT2D eigenvalue weighted by Gasteiger charge is -2.10. The van der Waals surface area contributed by atoms with Crippen LogP contribution in [0.1, 0.15) is 29.8 Å². The number of alkyl halides is 3. The van der Waals surface area contributed by atoms with Crippen molar-refractivity contribution in [3.8, 4) is 33.9 Å². The summed E-state index contributed by atoms with van der Waals surface area (Å²) in [5, 5.41) is 9.68. The van der Waals surface area contributed by atoms with E-state index in [-0.39, 0.29) is 12.2 Å². The van der Waals surface area contributed by atoms with Crippen LogP contribution in [-0.2, 0) is 11.3 Å². The Morgan fingerprint density at radius 1 is 0.870 bits per heavy atom. The Kier molecular flexibility index (Phi) is 10.3.